The quantitative estimate of drug-likeness (QED) is 0.906. The molecular formula is C14H23N3O2. The van der Waals surface area contributed by atoms with E-state index in [2.05, 4.69) is 10.1 Å². The molecule has 19 heavy (non-hydrogen) atoms. The summed E-state index contributed by atoms with van der Waals surface area (Å²) in [7, 11) is 0. The highest BCUT2D eigenvalue weighted by Crippen LogP contribution is 2.29. The van der Waals surface area contributed by atoms with Gasteiger partial charge in [0.25, 0.3) is 0 Å². The van der Waals surface area contributed by atoms with Gasteiger partial charge in [-0.25, -0.2) is 0 Å². The maximum absolute atomic E-state index is 6.43. The first kappa shape index (κ1) is 13.1. The molecule has 1 saturated carbocycles. The average Bonchev–Trinajstić information content (AvgIpc) is 2.88. The SMILES string of the molecule is NC1(Cc2nc(C3CCCOC3)no2)CCCCC1. The summed E-state index contributed by atoms with van der Waals surface area (Å²) in [6.45, 7) is 1.57. The first-order chi connectivity index (χ1) is 9.25. The Hall–Kier alpha value is -0.940. The Balaban J connectivity index is 1.63. The fourth-order valence-corrected chi connectivity index (χ4v) is 3.18. The van der Waals surface area contributed by atoms with Crippen molar-refractivity contribution in [3.63, 3.8) is 0 Å². The third-order valence-electron chi connectivity index (χ3n) is 4.36. The van der Waals surface area contributed by atoms with Crippen molar-refractivity contribution in [2.24, 2.45) is 5.73 Å². The molecule has 0 bridgehead atoms. The molecule has 1 saturated heterocycles. The Morgan fingerprint density at radius 3 is 2.79 bits per heavy atom. The molecule has 0 spiro atoms. The van der Waals surface area contributed by atoms with Gasteiger partial charge in [-0.05, 0) is 25.7 Å². The molecule has 1 aliphatic carbocycles. The Morgan fingerprint density at radius 1 is 1.21 bits per heavy atom. The van der Waals surface area contributed by atoms with E-state index in [0.717, 1.165) is 38.1 Å². The van der Waals surface area contributed by atoms with Gasteiger partial charge in [0.15, 0.2) is 5.82 Å². The molecule has 1 aliphatic heterocycles. The van der Waals surface area contributed by atoms with E-state index in [9.17, 15) is 0 Å². The number of nitrogens with two attached hydrogens (primary N) is 1. The molecule has 0 aromatic carbocycles. The topological polar surface area (TPSA) is 74.2 Å². The largest absolute Gasteiger partial charge is 0.381 e. The maximum atomic E-state index is 6.43. The molecule has 2 aliphatic rings. The standard InChI is InChI=1S/C14H23N3O2/c15-14(6-2-1-3-7-14)9-12-16-13(17-19-12)11-5-4-8-18-10-11/h11H,1-10,15H2. The summed E-state index contributed by atoms with van der Waals surface area (Å²) in [4.78, 5) is 4.54. The molecular weight excluding hydrogens is 242 g/mol. The van der Waals surface area contributed by atoms with Gasteiger partial charge < -0.3 is 15.0 Å². The summed E-state index contributed by atoms with van der Waals surface area (Å²) in [6, 6.07) is 0. The molecule has 1 atom stereocenters. The van der Waals surface area contributed by atoms with Crippen molar-refractivity contribution in [3.05, 3.63) is 11.7 Å². The predicted octanol–water partition coefficient (Wildman–Crippen LogP) is 2.17. The summed E-state index contributed by atoms with van der Waals surface area (Å²) >= 11 is 0. The number of hydrogen-bond donors (Lipinski definition) is 1. The van der Waals surface area contributed by atoms with Crippen LogP contribution in [-0.2, 0) is 11.2 Å². The zero-order valence-corrected chi connectivity index (χ0v) is 11.4. The van der Waals surface area contributed by atoms with Crippen LogP contribution in [0.5, 0.6) is 0 Å². The molecule has 2 heterocycles. The molecule has 5 nitrogen and oxygen atoms in total. The minimum absolute atomic E-state index is 0.134. The Kier molecular flexibility index (Phi) is 3.84. The van der Waals surface area contributed by atoms with Gasteiger partial charge in [0, 0.05) is 24.5 Å². The van der Waals surface area contributed by atoms with Crippen LogP contribution < -0.4 is 5.73 Å². The monoisotopic (exact) mass is 265 g/mol. The zero-order chi connectivity index (χ0) is 13.1. The van der Waals surface area contributed by atoms with Crippen LogP contribution >= 0.6 is 0 Å². The van der Waals surface area contributed by atoms with E-state index in [-0.39, 0.29) is 5.54 Å². The van der Waals surface area contributed by atoms with Crippen LogP contribution in [0, 0.1) is 0 Å². The van der Waals surface area contributed by atoms with Gasteiger partial charge in [0.1, 0.15) is 0 Å². The van der Waals surface area contributed by atoms with Gasteiger partial charge in [0.05, 0.1) is 6.61 Å². The minimum Gasteiger partial charge on any atom is -0.381 e. The van der Waals surface area contributed by atoms with E-state index >= 15 is 0 Å². The van der Waals surface area contributed by atoms with Crippen LogP contribution in [0.4, 0.5) is 0 Å². The highest BCUT2D eigenvalue weighted by atomic mass is 16.5. The number of aromatic nitrogens is 2. The maximum Gasteiger partial charge on any atom is 0.228 e. The third-order valence-corrected chi connectivity index (χ3v) is 4.36. The Bertz CT molecular complexity index is 407. The van der Waals surface area contributed by atoms with E-state index in [1.54, 1.807) is 0 Å². The second-order valence-electron chi connectivity index (χ2n) is 6.06. The molecule has 0 amide bonds. The highest BCUT2D eigenvalue weighted by Gasteiger charge is 2.30. The van der Waals surface area contributed by atoms with E-state index in [0.29, 0.717) is 24.8 Å². The Labute approximate surface area is 113 Å². The lowest BCUT2D eigenvalue weighted by Gasteiger charge is -2.31. The van der Waals surface area contributed by atoms with Crippen LogP contribution in [0.15, 0.2) is 4.52 Å². The lowest BCUT2D eigenvalue weighted by atomic mass is 9.80. The number of nitrogens with zero attached hydrogens (tertiary/aromatic N) is 2. The van der Waals surface area contributed by atoms with Crippen molar-refractivity contribution in [1.29, 1.82) is 0 Å². The second kappa shape index (κ2) is 5.59. The fraction of sp³-hybridized carbons (Fsp3) is 0.857. The summed E-state index contributed by atoms with van der Waals surface area (Å²) < 4.78 is 10.9. The molecule has 1 aromatic heterocycles. The lowest BCUT2D eigenvalue weighted by Crippen LogP contribution is -2.43. The molecule has 5 heteroatoms. The van der Waals surface area contributed by atoms with Gasteiger partial charge in [-0.15, -0.1) is 0 Å². The molecule has 1 aromatic rings. The Morgan fingerprint density at radius 2 is 2.05 bits per heavy atom. The van der Waals surface area contributed by atoms with Crippen LogP contribution in [0.25, 0.3) is 0 Å². The van der Waals surface area contributed by atoms with E-state index in [1.165, 1.54) is 19.3 Å². The fourth-order valence-electron chi connectivity index (χ4n) is 3.18. The van der Waals surface area contributed by atoms with E-state index in [4.69, 9.17) is 15.0 Å². The first-order valence-electron chi connectivity index (χ1n) is 7.44. The number of ether oxygens (including phenoxy) is 1. The van der Waals surface area contributed by atoms with Gasteiger partial charge in [-0.3, -0.25) is 0 Å². The van der Waals surface area contributed by atoms with Gasteiger partial charge in [0.2, 0.25) is 5.89 Å². The molecule has 2 fully saturated rings. The molecule has 3 rings (SSSR count). The summed E-state index contributed by atoms with van der Waals surface area (Å²) in [5.74, 6) is 1.80. The normalized spacial score (nSPS) is 27.3. The highest BCUT2D eigenvalue weighted by molar-refractivity contribution is 5.01. The zero-order valence-electron chi connectivity index (χ0n) is 11.4. The van der Waals surface area contributed by atoms with Crippen molar-refractivity contribution in [1.82, 2.24) is 10.1 Å². The van der Waals surface area contributed by atoms with E-state index in [1.807, 2.05) is 0 Å². The molecule has 1 unspecified atom stereocenters. The van der Waals surface area contributed by atoms with Crippen LogP contribution in [0.1, 0.15) is 62.6 Å². The van der Waals surface area contributed by atoms with Gasteiger partial charge in [-0.2, -0.15) is 4.98 Å². The van der Waals surface area contributed by atoms with Crippen molar-refractivity contribution in [3.8, 4) is 0 Å². The summed E-state index contributed by atoms with van der Waals surface area (Å²) in [6.07, 6.45) is 8.75. The van der Waals surface area contributed by atoms with Gasteiger partial charge in [-0.1, -0.05) is 24.4 Å². The summed E-state index contributed by atoms with van der Waals surface area (Å²) in [5, 5.41) is 4.11. The van der Waals surface area contributed by atoms with Gasteiger partial charge >= 0.3 is 0 Å². The predicted molar refractivity (Wildman–Crippen MR) is 70.8 cm³/mol. The van der Waals surface area contributed by atoms with Crippen molar-refractivity contribution < 1.29 is 9.26 Å². The van der Waals surface area contributed by atoms with Crippen LogP contribution in [0.2, 0.25) is 0 Å². The van der Waals surface area contributed by atoms with Crippen molar-refractivity contribution in [2.75, 3.05) is 13.2 Å². The molecule has 2 N–H and O–H groups in total. The lowest BCUT2D eigenvalue weighted by molar-refractivity contribution is 0.0773. The van der Waals surface area contributed by atoms with Crippen molar-refractivity contribution >= 4 is 0 Å². The molecule has 0 radical (unpaired) electrons. The van der Waals surface area contributed by atoms with Crippen LogP contribution in [-0.4, -0.2) is 28.9 Å². The minimum atomic E-state index is -0.134. The number of hydrogen-bond acceptors (Lipinski definition) is 5. The van der Waals surface area contributed by atoms with Crippen LogP contribution in [0.3, 0.4) is 0 Å². The third kappa shape index (κ3) is 3.15. The first-order valence-corrected chi connectivity index (χ1v) is 7.44. The van der Waals surface area contributed by atoms with E-state index < -0.39 is 0 Å². The van der Waals surface area contributed by atoms with Crippen molar-refractivity contribution in [2.45, 2.75) is 62.8 Å². The second-order valence-corrected chi connectivity index (χ2v) is 6.06. The number of rotatable bonds is 3. The summed E-state index contributed by atoms with van der Waals surface area (Å²) in [5.41, 5.74) is 6.29. The smallest absolute Gasteiger partial charge is 0.228 e. The molecule has 106 valence electrons. The average molecular weight is 265 g/mol.